The average Bonchev–Trinajstić information content (AvgIpc) is 2.00. The fraction of sp³-hybridized carbons (Fsp3) is 0.500. The molecule has 68 valence electrons. The van der Waals surface area contributed by atoms with E-state index in [1.165, 1.54) is 0 Å². The lowest BCUT2D eigenvalue weighted by Gasteiger charge is -2.06. The van der Waals surface area contributed by atoms with E-state index in [9.17, 15) is 9.36 Å². The summed E-state index contributed by atoms with van der Waals surface area (Å²) in [5.74, 6) is -0.584. The van der Waals surface area contributed by atoms with Crippen molar-refractivity contribution in [3.8, 4) is 0 Å². The molecule has 0 aliphatic rings. The first kappa shape index (κ1) is 11.2. The molecule has 2 atom stereocenters. The fourth-order valence-corrected chi connectivity index (χ4v) is 0.787. The van der Waals surface area contributed by atoms with Gasteiger partial charge in [-0.05, 0) is 6.92 Å². The van der Waals surface area contributed by atoms with Gasteiger partial charge in [0.05, 0.1) is 0 Å². The summed E-state index contributed by atoms with van der Waals surface area (Å²) in [7, 11) is -2.63. The Kier molecular flexibility index (Phi) is 5.45. The molecule has 0 bridgehead atoms. The second-order valence-electron chi connectivity index (χ2n) is 1.99. The van der Waals surface area contributed by atoms with E-state index in [0.29, 0.717) is 0 Å². The van der Waals surface area contributed by atoms with Gasteiger partial charge in [-0.15, -0.1) is 9.42 Å². The van der Waals surface area contributed by atoms with Crippen LogP contribution >= 0.6 is 8.25 Å². The molecule has 0 rings (SSSR count). The van der Waals surface area contributed by atoms with Crippen LogP contribution in [0, 0.1) is 0 Å². The average molecular weight is 193 g/mol. The minimum Gasteiger partial charge on any atom is -0.457 e. The number of esters is 1. The van der Waals surface area contributed by atoms with E-state index in [-0.39, 0.29) is 6.61 Å². The first-order valence-corrected chi connectivity index (χ1v) is 4.31. The van der Waals surface area contributed by atoms with E-state index in [4.69, 9.17) is 4.89 Å². The Balaban J connectivity index is 3.59. The van der Waals surface area contributed by atoms with Gasteiger partial charge in [0.15, 0.2) is 0 Å². The highest BCUT2D eigenvalue weighted by atomic mass is 31.1. The summed E-state index contributed by atoms with van der Waals surface area (Å²) in [6.07, 6.45) is 0.455. The molecular weight excluding hydrogens is 183 g/mol. The largest absolute Gasteiger partial charge is 0.694 e. The van der Waals surface area contributed by atoms with Gasteiger partial charge in [-0.25, -0.2) is 4.79 Å². The van der Waals surface area contributed by atoms with Crippen LogP contribution in [-0.2, 0) is 18.6 Å². The number of carbonyl (C=O) groups is 1. The summed E-state index contributed by atoms with van der Waals surface area (Å²) < 4.78 is 19.0. The molecule has 0 aliphatic heterocycles. The van der Waals surface area contributed by atoms with Gasteiger partial charge in [0.1, 0.15) is 12.7 Å². The molecule has 1 N–H and O–H groups in total. The minimum absolute atomic E-state index is 0.106. The SMILES string of the molecule is C=CC(=O)OC(C)CO[P+](=O)O. The molecule has 2 unspecified atom stereocenters. The highest BCUT2D eigenvalue weighted by Crippen LogP contribution is 2.14. The zero-order valence-electron chi connectivity index (χ0n) is 6.60. The van der Waals surface area contributed by atoms with Gasteiger partial charge in [0.25, 0.3) is 0 Å². The first-order chi connectivity index (χ1) is 5.56. The molecular formula is C6H10O5P+. The second-order valence-corrected chi connectivity index (χ2v) is 2.72. The van der Waals surface area contributed by atoms with Crippen LogP contribution < -0.4 is 0 Å². The van der Waals surface area contributed by atoms with Crippen LogP contribution in [-0.4, -0.2) is 23.6 Å². The third-order valence-electron chi connectivity index (χ3n) is 0.904. The van der Waals surface area contributed by atoms with Crippen molar-refractivity contribution in [1.29, 1.82) is 0 Å². The van der Waals surface area contributed by atoms with Crippen molar-refractivity contribution in [2.24, 2.45) is 0 Å². The Morgan fingerprint density at radius 3 is 2.83 bits per heavy atom. The summed E-state index contributed by atoms with van der Waals surface area (Å²) >= 11 is 0. The lowest BCUT2D eigenvalue weighted by Crippen LogP contribution is -2.17. The van der Waals surface area contributed by atoms with Gasteiger partial charge < -0.3 is 4.74 Å². The predicted octanol–water partition coefficient (Wildman–Crippen LogP) is 0.770. The Bertz CT molecular complexity index is 190. The van der Waals surface area contributed by atoms with E-state index in [1.54, 1.807) is 6.92 Å². The van der Waals surface area contributed by atoms with Gasteiger partial charge in [-0.1, -0.05) is 6.58 Å². The van der Waals surface area contributed by atoms with Crippen molar-refractivity contribution in [1.82, 2.24) is 0 Å². The normalized spacial score (nSPS) is 13.3. The number of carbonyl (C=O) groups excluding carboxylic acids is 1. The first-order valence-electron chi connectivity index (χ1n) is 3.18. The van der Waals surface area contributed by atoms with Crippen molar-refractivity contribution in [3.05, 3.63) is 12.7 Å². The monoisotopic (exact) mass is 193 g/mol. The number of hydrogen-bond acceptors (Lipinski definition) is 4. The maximum absolute atomic E-state index is 10.5. The van der Waals surface area contributed by atoms with Gasteiger partial charge in [0, 0.05) is 10.6 Å². The lowest BCUT2D eigenvalue weighted by atomic mass is 10.4. The third kappa shape index (κ3) is 5.97. The molecule has 0 aromatic rings. The van der Waals surface area contributed by atoms with E-state index >= 15 is 0 Å². The number of rotatable bonds is 5. The molecule has 0 heterocycles. The van der Waals surface area contributed by atoms with E-state index in [1.807, 2.05) is 0 Å². The van der Waals surface area contributed by atoms with E-state index < -0.39 is 20.3 Å². The summed E-state index contributed by atoms with van der Waals surface area (Å²) in [5, 5.41) is 0. The van der Waals surface area contributed by atoms with Gasteiger partial charge >= 0.3 is 14.2 Å². The van der Waals surface area contributed by atoms with Gasteiger partial charge in [-0.3, -0.25) is 0 Å². The van der Waals surface area contributed by atoms with Crippen LogP contribution in [0.2, 0.25) is 0 Å². The minimum atomic E-state index is -2.63. The molecule has 0 radical (unpaired) electrons. The predicted molar refractivity (Wildman–Crippen MR) is 41.5 cm³/mol. The van der Waals surface area contributed by atoms with Crippen LogP contribution in [0.1, 0.15) is 6.92 Å². The zero-order valence-corrected chi connectivity index (χ0v) is 7.49. The molecule has 5 nitrogen and oxygen atoms in total. The van der Waals surface area contributed by atoms with Crippen LogP contribution in [0.15, 0.2) is 12.7 Å². The smallest absolute Gasteiger partial charge is 0.457 e. The standard InChI is InChI=1S/C6H9O5P/c1-3-6(7)11-5(2)4-10-12(8)9/h3,5H,1,4H2,2H3/p+1. The molecule has 0 saturated carbocycles. The topological polar surface area (TPSA) is 72.8 Å². The number of ether oxygens (including phenoxy) is 1. The highest BCUT2D eigenvalue weighted by molar-refractivity contribution is 7.32. The third-order valence-corrected chi connectivity index (χ3v) is 1.27. The van der Waals surface area contributed by atoms with E-state index in [2.05, 4.69) is 15.8 Å². The molecule has 0 spiro atoms. The van der Waals surface area contributed by atoms with Crippen LogP contribution in [0.25, 0.3) is 0 Å². The summed E-state index contributed by atoms with van der Waals surface area (Å²) in [4.78, 5) is 18.8. The second kappa shape index (κ2) is 5.83. The number of hydrogen-bond donors (Lipinski definition) is 1. The van der Waals surface area contributed by atoms with Crippen molar-refractivity contribution < 1.29 is 23.5 Å². The fourth-order valence-electron chi connectivity index (χ4n) is 0.449. The summed E-state index contributed by atoms with van der Waals surface area (Å²) in [6.45, 7) is 4.62. The maximum Gasteiger partial charge on any atom is 0.694 e. The summed E-state index contributed by atoms with van der Waals surface area (Å²) in [5.41, 5.74) is 0. The van der Waals surface area contributed by atoms with Crippen molar-refractivity contribution in [3.63, 3.8) is 0 Å². The molecule has 0 amide bonds. The Hall–Kier alpha value is -0.770. The molecule has 6 heteroatoms. The highest BCUT2D eigenvalue weighted by Gasteiger charge is 2.16. The van der Waals surface area contributed by atoms with Crippen LogP contribution in [0.5, 0.6) is 0 Å². The molecule has 0 saturated heterocycles. The Morgan fingerprint density at radius 2 is 2.42 bits per heavy atom. The quantitative estimate of drug-likeness (QED) is 0.396. The summed E-state index contributed by atoms with van der Waals surface area (Å²) in [6, 6.07) is 0. The van der Waals surface area contributed by atoms with Gasteiger partial charge in [-0.2, -0.15) is 0 Å². The van der Waals surface area contributed by atoms with Crippen molar-refractivity contribution >= 4 is 14.2 Å². The Morgan fingerprint density at radius 1 is 1.83 bits per heavy atom. The maximum atomic E-state index is 10.5. The van der Waals surface area contributed by atoms with Crippen molar-refractivity contribution in [2.45, 2.75) is 13.0 Å². The Labute approximate surface area is 70.9 Å². The van der Waals surface area contributed by atoms with E-state index in [0.717, 1.165) is 6.08 Å². The molecule has 0 fully saturated rings. The molecule has 0 aliphatic carbocycles. The zero-order chi connectivity index (χ0) is 9.56. The van der Waals surface area contributed by atoms with Crippen molar-refractivity contribution in [2.75, 3.05) is 6.61 Å². The molecule has 0 aromatic carbocycles. The lowest BCUT2D eigenvalue weighted by molar-refractivity contribution is -0.143. The van der Waals surface area contributed by atoms with Crippen LogP contribution in [0.3, 0.4) is 0 Å². The molecule has 0 aromatic heterocycles. The van der Waals surface area contributed by atoms with Gasteiger partial charge in [0.2, 0.25) is 0 Å². The molecule has 12 heavy (non-hydrogen) atoms. The van der Waals surface area contributed by atoms with Crippen LogP contribution in [0.4, 0.5) is 0 Å².